The van der Waals surface area contributed by atoms with Crippen LogP contribution in [0, 0.1) is 5.92 Å². The monoisotopic (exact) mass is 490 g/mol. The minimum absolute atomic E-state index is 0.0289. The van der Waals surface area contributed by atoms with E-state index < -0.39 is 0 Å². The quantitative estimate of drug-likeness (QED) is 0.406. The summed E-state index contributed by atoms with van der Waals surface area (Å²) in [5.74, 6) is 0.164. The maximum atomic E-state index is 13.7. The van der Waals surface area contributed by atoms with Crippen molar-refractivity contribution in [1.29, 1.82) is 0 Å². The average molecular weight is 491 g/mol. The van der Waals surface area contributed by atoms with Gasteiger partial charge in [-0.15, -0.1) is 0 Å². The lowest BCUT2D eigenvalue weighted by Crippen LogP contribution is -2.45. The third-order valence-electron chi connectivity index (χ3n) is 7.59. The third kappa shape index (κ3) is 4.67. The summed E-state index contributed by atoms with van der Waals surface area (Å²) in [7, 11) is 0. The van der Waals surface area contributed by atoms with Crippen molar-refractivity contribution in [2.45, 2.75) is 25.8 Å². The van der Waals surface area contributed by atoms with Gasteiger partial charge >= 0.3 is 0 Å². The van der Waals surface area contributed by atoms with Crippen molar-refractivity contribution in [2.24, 2.45) is 5.92 Å². The highest BCUT2D eigenvalue weighted by atomic mass is 16.2. The maximum Gasteiger partial charge on any atom is 0.257 e. The molecule has 3 heterocycles. The van der Waals surface area contributed by atoms with E-state index >= 15 is 0 Å². The van der Waals surface area contributed by atoms with Crippen LogP contribution in [0.5, 0.6) is 0 Å². The first-order valence-electron chi connectivity index (χ1n) is 13.0. The zero-order chi connectivity index (χ0) is 25.2. The first-order valence-corrected chi connectivity index (χ1v) is 13.0. The molecule has 1 aromatic heterocycles. The number of rotatable bonds is 4. The Bertz CT molecular complexity index is 1410. The molecular weight excluding hydrogens is 460 g/mol. The number of para-hydroxylation sites is 1. The Morgan fingerprint density at radius 3 is 2.11 bits per heavy atom. The number of likely N-dealkylation sites (tertiary alicyclic amines) is 1. The zero-order valence-corrected chi connectivity index (χ0v) is 20.8. The van der Waals surface area contributed by atoms with Crippen LogP contribution in [0.1, 0.15) is 34.3 Å². The predicted octanol–water partition coefficient (Wildman–Crippen LogP) is 4.98. The Kier molecular flexibility index (Phi) is 6.31. The lowest BCUT2D eigenvalue weighted by molar-refractivity contribution is -0.137. The summed E-state index contributed by atoms with van der Waals surface area (Å²) in [5, 5.41) is 4.80. The fourth-order valence-electron chi connectivity index (χ4n) is 5.49. The number of carbonyl (C=O) groups excluding carboxylic acids is 2. The van der Waals surface area contributed by atoms with E-state index in [9.17, 15) is 9.59 Å². The van der Waals surface area contributed by atoms with E-state index in [-0.39, 0.29) is 17.7 Å². The van der Waals surface area contributed by atoms with Crippen molar-refractivity contribution < 1.29 is 9.59 Å². The third-order valence-corrected chi connectivity index (χ3v) is 7.59. The number of piperidine rings is 1. The van der Waals surface area contributed by atoms with Gasteiger partial charge in [0.25, 0.3) is 5.91 Å². The molecule has 186 valence electrons. The van der Waals surface area contributed by atoms with Crippen LogP contribution in [-0.2, 0) is 17.8 Å². The van der Waals surface area contributed by atoms with Gasteiger partial charge in [0.2, 0.25) is 5.91 Å². The number of hydrogen-bond donors (Lipinski definition) is 0. The van der Waals surface area contributed by atoms with Crippen LogP contribution in [0.15, 0.2) is 91.1 Å². The lowest BCUT2D eigenvalue weighted by Gasteiger charge is -2.36. The van der Waals surface area contributed by atoms with E-state index in [0.29, 0.717) is 43.7 Å². The highest BCUT2D eigenvalue weighted by Crippen LogP contribution is 2.28. The van der Waals surface area contributed by atoms with Gasteiger partial charge in [-0.3, -0.25) is 9.59 Å². The lowest BCUT2D eigenvalue weighted by atomic mass is 9.92. The van der Waals surface area contributed by atoms with E-state index in [2.05, 4.69) is 18.2 Å². The second-order valence-electron chi connectivity index (χ2n) is 9.88. The van der Waals surface area contributed by atoms with Crippen molar-refractivity contribution >= 4 is 11.8 Å². The highest BCUT2D eigenvalue weighted by molar-refractivity contribution is 6.00. The van der Waals surface area contributed by atoms with Crippen LogP contribution in [0.25, 0.3) is 16.9 Å². The summed E-state index contributed by atoms with van der Waals surface area (Å²) < 4.78 is 1.78. The first-order chi connectivity index (χ1) is 18.2. The Morgan fingerprint density at radius 2 is 1.38 bits per heavy atom. The number of fused-ring (bicyclic) bond motifs is 1. The molecule has 0 bridgehead atoms. The Morgan fingerprint density at radius 1 is 0.730 bits per heavy atom. The molecule has 2 aliphatic rings. The van der Waals surface area contributed by atoms with Gasteiger partial charge in [0.1, 0.15) is 5.69 Å². The van der Waals surface area contributed by atoms with E-state index in [0.717, 1.165) is 24.2 Å². The van der Waals surface area contributed by atoms with Gasteiger partial charge in [-0.25, -0.2) is 4.68 Å². The molecule has 0 saturated carbocycles. The molecule has 3 aromatic carbocycles. The van der Waals surface area contributed by atoms with Gasteiger partial charge in [0.15, 0.2) is 0 Å². The molecule has 0 atom stereocenters. The van der Waals surface area contributed by atoms with E-state index in [1.54, 1.807) is 4.68 Å². The number of hydrogen-bond acceptors (Lipinski definition) is 3. The molecule has 0 N–H and O–H groups in total. The predicted molar refractivity (Wildman–Crippen MR) is 143 cm³/mol. The molecule has 4 aromatic rings. The molecule has 1 saturated heterocycles. The van der Waals surface area contributed by atoms with Gasteiger partial charge in [-0.2, -0.15) is 5.10 Å². The number of benzene rings is 3. The fourth-order valence-corrected chi connectivity index (χ4v) is 5.49. The van der Waals surface area contributed by atoms with Crippen LogP contribution in [-0.4, -0.2) is 51.0 Å². The molecule has 1 fully saturated rings. The maximum absolute atomic E-state index is 13.7. The van der Waals surface area contributed by atoms with Crippen molar-refractivity contribution in [3.63, 3.8) is 0 Å². The number of aromatic nitrogens is 2. The smallest absolute Gasteiger partial charge is 0.257 e. The van der Waals surface area contributed by atoms with Gasteiger partial charge in [-0.1, -0.05) is 72.8 Å². The Labute approximate surface area is 217 Å². The minimum atomic E-state index is -0.0325. The minimum Gasteiger partial charge on any atom is -0.338 e. The van der Waals surface area contributed by atoms with Crippen molar-refractivity contribution in [1.82, 2.24) is 19.6 Å². The summed E-state index contributed by atoms with van der Waals surface area (Å²) in [6.45, 7) is 2.61. The average Bonchev–Trinajstić information content (AvgIpc) is 3.43. The van der Waals surface area contributed by atoms with E-state index in [4.69, 9.17) is 5.10 Å². The zero-order valence-electron chi connectivity index (χ0n) is 20.8. The molecule has 0 unspecified atom stereocenters. The molecule has 0 aliphatic carbocycles. The molecule has 6 nitrogen and oxygen atoms in total. The molecule has 2 amide bonds. The summed E-state index contributed by atoms with van der Waals surface area (Å²) >= 11 is 0. The fraction of sp³-hybridized carbons (Fsp3) is 0.258. The molecule has 2 aliphatic heterocycles. The van der Waals surface area contributed by atoms with E-state index in [1.165, 1.54) is 11.1 Å². The van der Waals surface area contributed by atoms with Gasteiger partial charge < -0.3 is 9.80 Å². The Balaban J connectivity index is 1.17. The summed E-state index contributed by atoms with van der Waals surface area (Å²) in [5.41, 5.74) is 5.69. The van der Waals surface area contributed by atoms with Gasteiger partial charge in [0.05, 0.1) is 11.3 Å². The van der Waals surface area contributed by atoms with Crippen LogP contribution >= 0.6 is 0 Å². The summed E-state index contributed by atoms with van der Waals surface area (Å²) in [6, 6.07) is 28.1. The van der Waals surface area contributed by atoms with Crippen molar-refractivity contribution in [2.75, 3.05) is 19.6 Å². The van der Waals surface area contributed by atoms with Gasteiger partial charge in [-0.05, 0) is 42.5 Å². The Hall–Kier alpha value is -4.19. The number of carbonyl (C=O) groups is 2. The van der Waals surface area contributed by atoms with Crippen LogP contribution in [0.4, 0.5) is 0 Å². The van der Waals surface area contributed by atoms with Crippen LogP contribution < -0.4 is 0 Å². The SMILES string of the molecule is O=C(c1cn(-c2ccccc2)nc1-c1ccccc1)N1CCC(C(=O)N2CCc3ccccc3C2)CC1. The molecule has 0 spiro atoms. The number of amides is 2. The van der Waals surface area contributed by atoms with Crippen LogP contribution in [0.2, 0.25) is 0 Å². The summed E-state index contributed by atoms with van der Waals surface area (Å²) in [4.78, 5) is 30.9. The second kappa shape index (κ2) is 10.1. The van der Waals surface area contributed by atoms with Crippen molar-refractivity contribution in [3.05, 3.63) is 108 Å². The molecule has 37 heavy (non-hydrogen) atoms. The largest absolute Gasteiger partial charge is 0.338 e. The van der Waals surface area contributed by atoms with E-state index in [1.807, 2.05) is 82.7 Å². The van der Waals surface area contributed by atoms with Crippen molar-refractivity contribution in [3.8, 4) is 16.9 Å². The second-order valence-corrected chi connectivity index (χ2v) is 9.88. The molecule has 6 heteroatoms. The summed E-state index contributed by atoms with van der Waals surface area (Å²) in [6.07, 6.45) is 4.13. The van der Waals surface area contributed by atoms with Crippen LogP contribution in [0.3, 0.4) is 0 Å². The van der Waals surface area contributed by atoms with Gasteiger partial charge in [0, 0.05) is 43.9 Å². The highest BCUT2D eigenvalue weighted by Gasteiger charge is 2.33. The normalized spacial score (nSPS) is 15.9. The molecular formula is C31H30N4O2. The molecule has 6 rings (SSSR count). The first kappa shape index (κ1) is 23.2. The number of nitrogens with zero attached hydrogens (tertiary/aromatic N) is 4. The molecule has 0 radical (unpaired) electrons. The topological polar surface area (TPSA) is 58.4 Å². The standard InChI is InChI=1S/C31H30N4O2/c36-30(34-20-15-23-9-7-8-12-26(23)21-34)25-16-18-33(19-17-25)31(37)28-22-35(27-13-5-2-6-14-27)32-29(28)24-10-3-1-4-11-24/h1-14,22,25H,15-21H2.